The zero-order valence-corrected chi connectivity index (χ0v) is 5.15. The van der Waals surface area contributed by atoms with Gasteiger partial charge in [0, 0.05) is 0 Å². The molecule has 0 aliphatic heterocycles. The van der Waals surface area contributed by atoms with E-state index in [4.69, 9.17) is 5.11 Å². The van der Waals surface area contributed by atoms with Gasteiger partial charge in [0.2, 0.25) is 0 Å². The van der Waals surface area contributed by atoms with Gasteiger partial charge in [-0.2, -0.15) is 8.42 Å². The van der Waals surface area contributed by atoms with E-state index >= 15 is 0 Å². The van der Waals surface area contributed by atoms with Crippen LogP contribution in [-0.2, 0) is 10.2 Å². The number of aliphatic hydroxyl groups is 1. The van der Waals surface area contributed by atoms with Gasteiger partial charge >= 0.3 is 10.2 Å². The molecule has 0 saturated carbocycles. The van der Waals surface area contributed by atoms with Gasteiger partial charge in [0.05, 0.1) is 6.10 Å². The lowest BCUT2D eigenvalue weighted by Gasteiger charge is -1.95. The van der Waals surface area contributed by atoms with Crippen LogP contribution in [0.5, 0.6) is 0 Å². The van der Waals surface area contributed by atoms with E-state index in [1.54, 1.807) is 0 Å². The van der Waals surface area contributed by atoms with Crippen LogP contribution in [0.3, 0.4) is 0 Å². The highest BCUT2D eigenvalue weighted by Crippen LogP contribution is 1.93. The van der Waals surface area contributed by atoms with Crippen LogP contribution < -0.4 is 0 Å². The molecule has 0 radical (unpaired) electrons. The van der Waals surface area contributed by atoms with Gasteiger partial charge in [0.15, 0.2) is 0 Å². The van der Waals surface area contributed by atoms with Crippen molar-refractivity contribution in [3.05, 3.63) is 0 Å². The van der Waals surface area contributed by atoms with Crippen molar-refractivity contribution in [1.82, 2.24) is 0 Å². The minimum Gasteiger partial charge on any atom is -0.392 e. The third-order valence-electron chi connectivity index (χ3n) is 0.440. The molecular weight excluding hydrogens is 135 g/mol. The Morgan fingerprint density at radius 3 is 2.12 bits per heavy atom. The van der Waals surface area contributed by atoms with Crippen molar-refractivity contribution in [2.45, 2.75) is 13.0 Å². The van der Waals surface area contributed by atoms with Crippen LogP contribution in [0.2, 0.25) is 0 Å². The molecule has 1 N–H and O–H groups in total. The normalized spacial score (nSPS) is 15.9. The van der Waals surface area contributed by atoms with E-state index in [2.05, 4.69) is 0 Å². The summed E-state index contributed by atoms with van der Waals surface area (Å²) >= 11 is 0. The fourth-order valence-electron chi connectivity index (χ4n) is 0.288. The fourth-order valence-corrected chi connectivity index (χ4v) is 0.864. The lowest BCUT2D eigenvalue weighted by molar-refractivity contribution is 0.217. The molecule has 0 bridgehead atoms. The summed E-state index contributed by atoms with van der Waals surface area (Å²) in [7, 11) is -4.47. The number of aliphatic hydroxyl groups excluding tert-OH is 1. The second-order valence-corrected chi connectivity index (χ2v) is 2.97. The van der Waals surface area contributed by atoms with E-state index < -0.39 is 22.1 Å². The van der Waals surface area contributed by atoms with Gasteiger partial charge in [-0.3, -0.25) is 0 Å². The van der Waals surface area contributed by atoms with E-state index in [9.17, 15) is 12.3 Å². The van der Waals surface area contributed by atoms with Gasteiger partial charge in [-0.15, -0.1) is 3.89 Å². The summed E-state index contributed by atoms with van der Waals surface area (Å²) in [5.74, 6) is -0.812. The zero-order chi connectivity index (χ0) is 6.78. The summed E-state index contributed by atoms with van der Waals surface area (Å²) in [5.41, 5.74) is 0. The molecule has 0 aromatic carbocycles. The summed E-state index contributed by atoms with van der Waals surface area (Å²) in [4.78, 5) is 0. The summed E-state index contributed by atoms with van der Waals surface area (Å²) in [6.45, 7) is 1.21. The summed E-state index contributed by atoms with van der Waals surface area (Å²) < 4.78 is 30.7. The molecule has 0 amide bonds. The summed E-state index contributed by atoms with van der Waals surface area (Å²) in [6, 6.07) is 0. The van der Waals surface area contributed by atoms with Crippen molar-refractivity contribution >= 4 is 10.2 Å². The first-order valence-corrected chi connectivity index (χ1v) is 3.57. The SMILES string of the molecule is CC(O)CS(=O)(=O)F. The topological polar surface area (TPSA) is 54.4 Å². The first-order valence-electron chi connectivity index (χ1n) is 2.02. The Balaban J connectivity index is 3.75. The maximum Gasteiger partial charge on any atom is 0.304 e. The van der Waals surface area contributed by atoms with Crippen LogP contribution in [-0.4, -0.2) is 25.4 Å². The highest BCUT2D eigenvalue weighted by atomic mass is 32.3. The number of hydrogen-bond acceptors (Lipinski definition) is 3. The molecule has 0 aliphatic rings. The van der Waals surface area contributed by atoms with Gasteiger partial charge in [0.25, 0.3) is 0 Å². The molecule has 1 atom stereocenters. The Labute approximate surface area is 47.3 Å². The van der Waals surface area contributed by atoms with Crippen molar-refractivity contribution in [2.24, 2.45) is 0 Å². The molecule has 0 aromatic heterocycles. The molecular formula is C3H7FO3S. The van der Waals surface area contributed by atoms with Crippen LogP contribution in [0.4, 0.5) is 3.89 Å². The molecule has 50 valence electrons. The van der Waals surface area contributed by atoms with Crippen LogP contribution in [0.15, 0.2) is 0 Å². The minimum absolute atomic E-state index is 0.812. The van der Waals surface area contributed by atoms with E-state index in [-0.39, 0.29) is 0 Å². The Bertz CT molecular complexity index is 148. The first kappa shape index (κ1) is 7.84. The van der Waals surface area contributed by atoms with Gasteiger partial charge in [-0.1, -0.05) is 0 Å². The van der Waals surface area contributed by atoms with Gasteiger partial charge in [-0.05, 0) is 6.92 Å². The van der Waals surface area contributed by atoms with Crippen molar-refractivity contribution in [2.75, 3.05) is 5.75 Å². The highest BCUT2D eigenvalue weighted by Gasteiger charge is 2.10. The van der Waals surface area contributed by atoms with E-state index in [1.807, 2.05) is 0 Å². The van der Waals surface area contributed by atoms with Crippen molar-refractivity contribution < 1.29 is 17.4 Å². The molecule has 3 nitrogen and oxygen atoms in total. The van der Waals surface area contributed by atoms with Crippen LogP contribution in [0.1, 0.15) is 6.92 Å². The summed E-state index contributed by atoms with van der Waals surface area (Å²) in [5, 5.41) is 8.27. The number of halogens is 1. The van der Waals surface area contributed by atoms with Crippen molar-refractivity contribution in [3.63, 3.8) is 0 Å². The molecule has 0 rings (SSSR count). The standard InChI is InChI=1S/C3H7FO3S/c1-3(5)2-8(4,6)7/h3,5H,2H2,1H3. The molecule has 5 heteroatoms. The third-order valence-corrected chi connectivity index (χ3v) is 1.32. The summed E-state index contributed by atoms with van der Waals surface area (Å²) in [6.07, 6.45) is -1.12. The molecule has 0 aromatic rings. The molecule has 1 unspecified atom stereocenters. The number of hydrogen-bond donors (Lipinski definition) is 1. The zero-order valence-electron chi connectivity index (χ0n) is 4.33. The quantitative estimate of drug-likeness (QED) is 0.537. The van der Waals surface area contributed by atoms with Crippen molar-refractivity contribution in [1.29, 1.82) is 0 Å². The smallest absolute Gasteiger partial charge is 0.304 e. The number of rotatable bonds is 2. The molecule has 0 spiro atoms. The van der Waals surface area contributed by atoms with Gasteiger partial charge in [0.1, 0.15) is 5.75 Å². The van der Waals surface area contributed by atoms with E-state index in [0.29, 0.717) is 0 Å². The highest BCUT2D eigenvalue weighted by molar-refractivity contribution is 7.86. The molecule has 0 aliphatic carbocycles. The van der Waals surface area contributed by atoms with Gasteiger partial charge in [-0.25, -0.2) is 0 Å². The Kier molecular flexibility index (Phi) is 2.36. The average molecular weight is 142 g/mol. The fraction of sp³-hybridized carbons (Fsp3) is 1.00. The second kappa shape index (κ2) is 2.41. The third kappa shape index (κ3) is 5.84. The lowest BCUT2D eigenvalue weighted by atomic mass is 10.5. The maximum atomic E-state index is 11.5. The van der Waals surface area contributed by atoms with Gasteiger partial charge < -0.3 is 5.11 Å². The maximum absolute atomic E-state index is 11.5. The van der Waals surface area contributed by atoms with Crippen molar-refractivity contribution in [3.8, 4) is 0 Å². The molecule has 0 saturated heterocycles. The monoisotopic (exact) mass is 142 g/mol. The lowest BCUT2D eigenvalue weighted by Crippen LogP contribution is -2.12. The predicted octanol–water partition coefficient (Wildman–Crippen LogP) is -0.333. The molecule has 0 heterocycles. The first-order chi connectivity index (χ1) is 3.42. The van der Waals surface area contributed by atoms with E-state index in [0.717, 1.165) is 0 Å². The van der Waals surface area contributed by atoms with E-state index in [1.165, 1.54) is 6.92 Å². The Morgan fingerprint density at radius 1 is 1.75 bits per heavy atom. The largest absolute Gasteiger partial charge is 0.392 e. The predicted molar refractivity (Wildman–Crippen MR) is 26.6 cm³/mol. The Morgan fingerprint density at radius 2 is 2.12 bits per heavy atom. The molecule has 0 fully saturated rings. The minimum atomic E-state index is -4.47. The average Bonchev–Trinajstić information content (AvgIpc) is 1.21. The van der Waals surface area contributed by atoms with Crippen LogP contribution in [0, 0.1) is 0 Å². The van der Waals surface area contributed by atoms with Crippen LogP contribution >= 0.6 is 0 Å². The second-order valence-electron chi connectivity index (χ2n) is 1.55. The molecule has 8 heavy (non-hydrogen) atoms. The Hall–Kier alpha value is -0.160. The van der Waals surface area contributed by atoms with Crippen LogP contribution in [0.25, 0.3) is 0 Å².